The molecule has 5 aromatic rings. The number of carbonyl (C=O) groups is 1. The molecule has 0 fully saturated rings. The smallest absolute Gasteiger partial charge is 0.243 e. The molecule has 0 saturated carbocycles. The van der Waals surface area contributed by atoms with E-state index in [1.165, 1.54) is 5.56 Å². The molecule has 1 aromatic carbocycles. The molecule has 1 aliphatic rings. The van der Waals surface area contributed by atoms with Crippen LogP contribution in [0.25, 0.3) is 22.4 Å². The lowest BCUT2D eigenvalue weighted by atomic mass is 9.91. The van der Waals surface area contributed by atoms with Crippen LogP contribution < -0.4 is 5.32 Å². The summed E-state index contributed by atoms with van der Waals surface area (Å²) in [5.74, 6) is 1.01. The third kappa shape index (κ3) is 4.90. The van der Waals surface area contributed by atoms with Gasteiger partial charge in [0.15, 0.2) is 5.82 Å². The van der Waals surface area contributed by atoms with Crippen molar-refractivity contribution in [1.29, 1.82) is 0 Å². The molecule has 0 bridgehead atoms. The summed E-state index contributed by atoms with van der Waals surface area (Å²) in [6, 6.07) is 10.4. The number of aromatic nitrogens is 8. The van der Waals surface area contributed by atoms with Crippen molar-refractivity contribution in [3.05, 3.63) is 77.6 Å². The van der Waals surface area contributed by atoms with Crippen LogP contribution in [0, 0.1) is 0 Å². The van der Waals surface area contributed by atoms with Gasteiger partial charge in [-0.1, -0.05) is 24.3 Å². The van der Waals surface area contributed by atoms with E-state index in [1.54, 1.807) is 29.9 Å². The quantitative estimate of drug-likeness (QED) is 0.350. The Kier molecular flexibility index (Phi) is 6.18. The maximum absolute atomic E-state index is 12.0. The van der Waals surface area contributed by atoms with Crippen molar-refractivity contribution >= 4 is 17.7 Å². The highest BCUT2D eigenvalue weighted by atomic mass is 16.2. The summed E-state index contributed by atoms with van der Waals surface area (Å²) in [4.78, 5) is 23.0. The van der Waals surface area contributed by atoms with Crippen molar-refractivity contribution in [2.24, 2.45) is 14.1 Å². The second-order valence-electron chi connectivity index (χ2n) is 10.1. The summed E-state index contributed by atoms with van der Waals surface area (Å²) in [6.45, 7) is 0.171. The monoisotopic (exact) mass is 522 g/mol. The number of likely N-dealkylation sites (N-methyl/N-ethyl adjacent to an activating group) is 1. The first-order chi connectivity index (χ1) is 18.8. The molecule has 0 saturated heterocycles. The van der Waals surface area contributed by atoms with Gasteiger partial charge in [0.2, 0.25) is 11.9 Å². The number of nitrogens with zero attached hydrogens (tertiary/aromatic N) is 9. The number of rotatable bonds is 7. The number of anilines is 2. The Bertz CT molecular complexity index is 1680. The lowest BCUT2D eigenvalue weighted by molar-refractivity contribution is -0.129. The van der Waals surface area contributed by atoms with Gasteiger partial charge < -0.3 is 10.2 Å². The fourth-order valence-electron chi connectivity index (χ4n) is 4.93. The minimum Gasteiger partial charge on any atom is -0.347 e. The number of benzene rings is 1. The standard InChI is InChI=1S/C28H30N10O/c1-35(2)25(39)17-38-11-10-24(34-38)31-28-29-14-20-8-9-22-26(27(20)32-28)23(37(4)33-22)13-18-6-5-7-19(12-18)21-15-30-36(3)16-21/h5-7,10-12,14-16H,8-9,13,17H2,1-4H3,(H,29,31,32,34). The van der Waals surface area contributed by atoms with Crippen molar-refractivity contribution in [1.82, 2.24) is 44.2 Å². The van der Waals surface area contributed by atoms with Gasteiger partial charge in [0.05, 0.1) is 23.3 Å². The summed E-state index contributed by atoms with van der Waals surface area (Å²) >= 11 is 0. The molecule has 0 radical (unpaired) electrons. The van der Waals surface area contributed by atoms with Crippen LogP contribution >= 0.6 is 0 Å². The third-order valence-electron chi connectivity index (χ3n) is 6.98. The summed E-state index contributed by atoms with van der Waals surface area (Å²) in [7, 11) is 7.38. The van der Waals surface area contributed by atoms with Gasteiger partial charge in [0.1, 0.15) is 6.54 Å². The minimum absolute atomic E-state index is 0.0303. The van der Waals surface area contributed by atoms with Crippen molar-refractivity contribution in [2.75, 3.05) is 19.4 Å². The van der Waals surface area contributed by atoms with Crippen LogP contribution in [0.5, 0.6) is 0 Å². The van der Waals surface area contributed by atoms with Crippen molar-refractivity contribution < 1.29 is 4.79 Å². The van der Waals surface area contributed by atoms with Gasteiger partial charge >= 0.3 is 0 Å². The second-order valence-corrected chi connectivity index (χ2v) is 10.1. The van der Waals surface area contributed by atoms with Crippen molar-refractivity contribution in [2.45, 2.75) is 25.8 Å². The van der Waals surface area contributed by atoms with Gasteiger partial charge in [0.25, 0.3) is 0 Å². The molecule has 6 rings (SSSR count). The molecule has 0 spiro atoms. The molecule has 1 N–H and O–H groups in total. The molecule has 0 aliphatic heterocycles. The van der Waals surface area contributed by atoms with Gasteiger partial charge in [-0.2, -0.15) is 15.3 Å². The molecule has 39 heavy (non-hydrogen) atoms. The fraction of sp³-hybridized carbons (Fsp3) is 0.286. The summed E-state index contributed by atoms with van der Waals surface area (Å²) in [5, 5.41) is 16.8. The zero-order valence-electron chi connectivity index (χ0n) is 22.5. The van der Waals surface area contributed by atoms with E-state index < -0.39 is 0 Å². The van der Waals surface area contributed by atoms with E-state index in [4.69, 9.17) is 10.1 Å². The van der Waals surface area contributed by atoms with E-state index in [1.807, 2.05) is 48.1 Å². The van der Waals surface area contributed by atoms with Gasteiger partial charge in [-0.15, -0.1) is 0 Å². The van der Waals surface area contributed by atoms with E-state index in [9.17, 15) is 4.79 Å². The lowest BCUT2D eigenvalue weighted by Crippen LogP contribution is -2.26. The maximum atomic E-state index is 12.0. The molecule has 0 unspecified atom stereocenters. The summed E-state index contributed by atoms with van der Waals surface area (Å²) < 4.78 is 5.39. The number of nitrogens with one attached hydrogen (secondary N) is 1. The summed E-state index contributed by atoms with van der Waals surface area (Å²) in [5.41, 5.74) is 8.69. The third-order valence-corrected chi connectivity index (χ3v) is 6.98. The van der Waals surface area contributed by atoms with Gasteiger partial charge in [0, 0.05) is 70.4 Å². The zero-order valence-corrected chi connectivity index (χ0v) is 22.5. The van der Waals surface area contributed by atoms with Crippen LogP contribution in [0.15, 0.2) is 55.1 Å². The Balaban J connectivity index is 1.29. The lowest BCUT2D eigenvalue weighted by Gasteiger charge is -2.17. The molecule has 11 nitrogen and oxygen atoms in total. The predicted molar refractivity (Wildman–Crippen MR) is 147 cm³/mol. The molecule has 11 heteroatoms. The number of carbonyl (C=O) groups excluding carboxylic acids is 1. The zero-order chi connectivity index (χ0) is 27.1. The van der Waals surface area contributed by atoms with Crippen LogP contribution in [0.4, 0.5) is 11.8 Å². The van der Waals surface area contributed by atoms with Crippen LogP contribution in [0.3, 0.4) is 0 Å². The Morgan fingerprint density at radius 2 is 1.95 bits per heavy atom. The normalized spacial score (nSPS) is 12.2. The van der Waals surface area contributed by atoms with Crippen LogP contribution in [0.1, 0.15) is 22.5 Å². The van der Waals surface area contributed by atoms with Crippen LogP contribution in [-0.4, -0.2) is 64.2 Å². The van der Waals surface area contributed by atoms with E-state index in [-0.39, 0.29) is 12.5 Å². The highest BCUT2D eigenvalue weighted by Crippen LogP contribution is 2.36. The van der Waals surface area contributed by atoms with E-state index in [0.717, 1.165) is 58.6 Å². The molecule has 4 heterocycles. The first kappa shape index (κ1) is 24.5. The molecule has 4 aromatic heterocycles. The Hall–Kier alpha value is -4.80. The van der Waals surface area contributed by atoms with Crippen molar-refractivity contribution in [3.8, 4) is 22.4 Å². The average Bonchev–Trinajstić information content (AvgIpc) is 3.63. The minimum atomic E-state index is -0.0303. The number of hydrogen-bond acceptors (Lipinski definition) is 7. The largest absolute Gasteiger partial charge is 0.347 e. The number of fused-ring (bicyclic) bond motifs is 3. The number of amides is 1. The van der Waals surface area contributed by atoms with Gasteiger partial charge in [-0.25, -0.2) is 9.97 Å². The first-order valence-electron chi connectivity index (χ1n) is 12.8. The molecule has 0 atom stereocenters. The van der Waals surface area contributed by atoms with Crippen molar-refractivity contribution in [3.63, 3.8) is 0 Å². The Morgan fingerprint density at radius 3 is 2.74 bits per heavy atom. The molecule has 1 amide bonds. The van der Waals surface area contributed by atoms with Gasteiger partial charge in [-0.3, -0.25) is 18.8 Å². The van der Waals surface area contributed by atoms with Crippen LogP contribution in [0.2, 0.25) is 0 Å². The van der Waals surface area contributed by atoms with E-state index >= 15 is 0 Å². The van der Waals surface area contributed by atoms with Crippen LogP contribution in [-0.2, 0) is 44.7 Å². The second kappa shape index (κ2) is 9.82. The molecular weight excluding hydrogens is 492 g/mol. The molecule has 1 aliphatic carbocycles. The average molecular weight is 523 g/mol. The highest BCUT2D eigenvalue weighted by Gasteiger charge is 2.26. The first-order valence-corrected chi connectivity index (χ1v) is 12.8. The Morgan fingerprint density at radius 1 is 1.08 bits per heavy atom. The van der Waals surface area contributed by atoms with Gasteiger partial charge in [-0.05, 0) is 29.5 Å². The molecular formula is C28H30N10O. The molecule has 198 valence electrons. The SMILES string of the molecule is CN(C)C(=O)Cn1ccc(Nc2ncc3c(n2)-c2c(nn(C)c2Cc2cccc(-c4cnn(C)c4)c2)CC3)n1. The maximum Gasteiger partial charge on any atom is 0.243 e. The number of hydrogen-bond donors (Lipinski definition) is 1. The summed E-state index contributed by atoms with van der Waals surface area (Å²) in [6.07, 6.45) is 9.98. The topological polar surface area (TPSA) is 112 Å². The van der Waals surface area contributed by atoms with E-state index in [2.05, 4.69) is 44.8 Å². The number of aryl methyl sites for hydroxylation is 4. The fourth-order valence-corrected chi connectivity index (χ4v) is 4.93. The van der Waals surface area contributed by atoms with E-state index in [0.29, 0.717) is 11.8 Å². The highest BCUT2D eigenvalue weighted by molar-refractivity contribution is 5.75. The predicted octanol–water partition coefficient (Wildman–Crippen LogP) is 3.00. The Labute approximate surface area is 226 Å².